The number of nitrogens with one attached hydrogen (secondary N) is 1. The summed E-state index contributed by atoms with van der Waals surface area (Å²) in [7, 11) is 0. The molecule has 2 rings (SSSR count). The highest BCUT2D eigenvalue weighted by Crippen LogP contribution is 2.23. The van der Waals surface area contributed by atoms with Crippen LogP contribution in [0.15, 0.2) is 46.0 Å². The van der Waals surface area contributed by atoms with Gasteiger partial charge in [-0.3, -0.25) is 4.79 Å². The molecule has 0 bridgehead atoms. The van der Waals surface area contributed by atoms with E-state index in [-0.39, 0.29) is 11.7 Å². The molecule has 1 aromatic carbocycles. The summed E-state index contributed by atoms with van der Waals surface area (Å²) in [6.45, 7) is 0. The summed E-state index contributed by atoms with van der Waals surface area (Å²) in [5.74, 6) is 0.0920. The second-order valence-corrected chi connectivity index (χ2v) is 6.23. The number of carbonyl (C=O) groups is 1. The zero-order chi connectivity index (χ0) is 14.5. The van der Waals surface area contributed by atoms with Gasteiger partial charge in [0.2, 0.25) is 5.91 Å². The molecule has 0 saturated heterocycles. The van der Waals surface area contributed by atoms with E-state index in [1.807, 2.05) is 12.1 Å². The average Bonchev–Trinajstić information content (AvgIpc) is 2.42. The molecule has 0 atom stereocenters. The first-order valence-electron chi connectivity index (χ1n) is 5.64. The summed E-state index contributed by atoms with van der Waals surface area (Å²) in [6.07, 6.45) is 1.69. The Labute approximate surface area is 134 Å². The predicted octanol–water partition coefficient (Wildman–Crippen LogP) is 3.81. The van der Waals surface area contributed by atoms with E-state index in [4.69, 9.17) is 17.3 Å². The number of benzene rings is 1. The second-order valence-electron chi connectivity index (χ2n) is 3.88. The first-order chi connectivity index (χ1) is 9.54. The summed E-state index contributed by atoms with van der Waals surface area (Å²) in [4.78, 5) is 16.0. The van der Waals surface area contributed by atoms with Crippen LogP contribution in [0.1, 0.15) is 0 Å². The fraction of sp³-hybridized carbons (Fsp3) is 0.0769. The van der Waals surface area contributed by atoms with Gasteiger partial charge >= 0.3 is 0 Å². The average molecular weight is 373 g/mol. The number of hydrogen-bond acceptors (Lipinski definition) is 4. The Bertz CT molecular complexity index is 622. The number of thioether (sulfide) groups is 1. The Kier molecular flexibility index (Phi) is 5.28. The standard InChI is InChI=1S/C13H11BrClN3OS/c14-8-1-4-13(17-6-8)20-7-12(19)18-11-5-9(15)2-3-10(11)16/h1-6H,7,16H2,(H,18,19). The minimum absolute atomic E-state index is 0.159. The van der Waals surface area contributed by atoms with Crippen molar-refractivity contribution in [3.8, 4) is 0 Å². The molecule has 1 heterocycles. The maximum absolute atomic E-state index is 11.8. The van der Waals surface area contributed by atoms with E-state index in [0.717, 1.165) is 9.50 Å². The number of carbonyl (C=O) groups excluding carboxylic acids is 1. The van der Waals surface area contributed by atoms with Gasteiger partial charge in [-0.1, -0.05) is 23.4 Å². The molecular formula is C13H11BrClN3OS. The van der Waals surface area contributed by atoms with Crippen LogP contribution in [0.4, 0.5) is 11.4 Å². The first-order valence-corrected chi connectivity index (χ1v) is 7.79. The SMILES string of the molecule is Nc1ccc(Cl)cc1NC(=O)CSc1ccc(Br)cn1. The molecule has 20 heavy (non-hydrogen) atoms. The van der Waals surface area contributed by atoms with Crippen LogP contribution in [0, 0.1) is 0 Å². The molecule has 0 unspecified atom stereocenters. The minimum atomic E-state index is -0.159. The molecule has 4 nitrogen and oxygen atoms in total. The maximum Gasteiger partial charge on any atom is 0.234 e. The van der Waals surface area contributed by atoms with Gasteiger partial charge in [-0.15, -0.1) is 0 Å². The van der Waals surface area contributed by atoms with Crippen molar-refractivity contribution in [2.45, 2.75) is 5.03 Å². The molecular weight excluding hydrogens is 362 g/mol. The van der Waals surface area contributed by atoms with Crippen molar-refractivity contribution in [1.82, 2.24) is 4.98 Å². The van der Waals surface area contributed by atoms with Crippen molar-refractivity contribution in [1.29, 1.82) is 0 Å². The van der Waals surface area contributed by atoms with Crippen molar-refractivity contribution in [2.24, 2.45) is 0 Å². The second kappa shape index (κ2) is 6.97. The van der Waals surface area contributed by atoms with Gasteiger partial charge in [0.25, 0.3) is 0 Å². The van der Waals surface area contributed by atoms with Crippen molar-refractivity contribution in [3.05, 3.63) is 46.0 Å². The molecule has 1 aromatic heterocycles. The lowest BCUT2D eigenvalue weighted by Crippen LogP contribution is -2.15. The van der Waals surface area contributed by atoms with Crippen molar-refractivity contribution in [3.63, 3.8) is 0 Å². The molecule has 0 aliphatic heterocycles. The van der Waals surface area contributed by atoms with Crippen LogP contribution in [0.3, 0.4) is 0 Å². The largest absolute Gasteiger partial charge is 0.397 e. The quantitative estimate of drug-likeness (QED) is 0.632. The van der Waals surface area contributed by atoms with Gasteiger partial charge in [0.1, 0.15) is 0 Å². The highest BCUT2D eigenvalue weighted by molar-refractivity contribution is 9.10. The van der Waals surface area contributed by atoms with Gasteiger partial charge in [0, 0.05) is 15.7 Å². The number of pyridine rings is 1. The Hall–Kier alpha value is -1.24. The Morgan fingerprint density at radius 3 is 2.90 bits per heavy atom. The van der Waals surface area contributed by atoms with Crippen molar-refractivity contribution >= 4 is 56.6 Å². The third-order valence-electron chi connectivity index (χ3n) is 2.34. The number of aromatic nitrogens is 1. The van der Waals surface area contributed by atoms with Crippen LogP contribution in [-0.4, -0.2) is 16.6 Å². The molecule has 104 valence electrons. The van der Waals surface area contributed by atoms with Gasteiger partial charge < -0.3 is 11.1 Å². The molecule has 2 aromatic rings. The summed E-state index contributed by atoms with van der Waals surface area (Å²) in [6, 6.07) is 8.67. The lowest BCUT2D eigenvalue weighted by Gasteiger charge is -2.08. The van der Waals surface area contributed by atoms with Gasteiger partial charge in [-0.25, -0.2) is 4.98 Å². The predicted molar refractivity (Wildman–Crippen MR) is 87.2 cm³/mol. The lowest BCUT2D eigenvalue weighted by molar-refractivity contribution is -0.113. The summed E-state index contributed by atoms with van der Waals surface area (Å²) >= 11 is 10.5. The number of amides is 1. The molecule has 0 saturated carbocycles. The van der Waals surface area contributed by atoms with Crippen LogP contribution in [0.2, 0.25) is 5.02 Å². The fourth-order valence-corrected chi connectivity index (χ4v) is 2.46. The summed E-state index contributed by atoms with van der Waals surface area (Å²) in [5.41, 5.74) is 6.77. The zero-order valence-corrected chi connectivity index (χ0v) is 13.4. The van der Waals surface area contributed by atoms with Crippen molar-refractivity contribution in [2.75, 3.05) is 16.8 Å². The van der Waals surface area contributed by atoms with Crippen LogP contribution in [0.25, 0.3) is 0 Å². The van der Waals surface area contributed by atoms with Gasteiger partial charge in [0.15, 0.2) is 0 Å². The Morgan fingerprint density at radius 2 is 2.20 bits per heavy atom. The monoisotopic (exact) mass is 371 g/mol. The highest BCUT2D eigenvalue weighted by Gasteiger charge is 2.07. The van der Waals surface area contributed by atoms with E-state index in [0.29, 0.717) is 16.4 Å². The molecule has 0 radical (unpaired) electrons. The molecule has 0 spiro atoms. The number of nitrogens with zero attached hydrogens (tertiary/aromatic N) is 1. The zero-order valence-electron chi connectivity index (χ0n) is 10.3. The van der Waals surface area contributed by atoms with Gasteiger partial charge in [-0.2, -0.15) is 0 Å². The number of anilines is 2. The minimum Gasteiger partial charge on any atom is -0.397 e. The van der Waals surface area contributed by atoms with Crippen LogP contribution >= 0.6 is 39.3 Å². The van der Waals surface area contributed by atoms with E-state index in [1.165, 1.54) is 11.8 Å². The normalized spacial score (nSPS) is 10.3. The first kappa shape index (κ1) is 15.2. The smallest absolute Gasteiger partial charge is 0.234 e. The highest BCUT2D eigenvalue weighted by atomic mass is 79.9. The molecule has 3 N–H and O–H groups in total. The molecule has 0 aliphatic rings. The van der Waals surface area contributed by atoms with Crippen LogP contribution in [0.5, 0.6) is 0 Å². The maximum atomic E-state index is 11.8. The third kappa shape index (κ3) is 4.40. The molecule has 7 heteroatoms. The number of rotatable bonds is 4. The number of nitrogens with two attached hydrogens (primary N) is 1. The van der Waals surface area contributed by atoms with E-state index in [9.17, 15) is 4.79 Å². The number of nitrogen functional groups attached to an aromatic ring is 1. The van der Waals surface area contributed by atoms with E-state index >= 15 is 0 Å². The van der Waals surface area contributed by atoms with Crippen LogP contribution in [-0.2, 0) is 4.79 Å². The van der Waals surface area contributed by atoms with Gasteiger partial charge in [-0.05, 0) is 46.3 Å². The molecule has 0 aliphatic carbocycles. The fourth-order valence-electron chi connectivity index (χ4n) is 1.41. The van der Waals surface area contributed by atoms with E-state index in [1.54, 1.807) is 24.4 Å². The third-order valence-corrected chi connectivity index (χ3v) is 3.99. The van der Waals surface area contributed by atoms with E-state index < -0.39 is 0 Å². The Morgan fingerprint density at radius 1 is 1.40 bits per heavy atom. The van der Waals surface area contributed by atoms with Crippen molar-refractivity contribution < 1.29 is 4.79 Å². The topological polar surface area (TPSA) is 68.0 Å². The summed E-state index contributed by atoms with van der Waals surface area (Å²) in [5, 5.41) is 4.03. The molecule has 0 fully saturated rings. The molecule has 1 amide bonds. The summed E-state index contributed by atoms with van der Waals surface area (Å²) < 4.78 is 0.901. The lowest BCUT2D eigenvalue weighted by atomic mass is 10.2. The Balaban J connectivity index is 1.92. The van der Waals surface area contributed by atoms with E-state index in [2.05, 4.69) is 26.2 Å². The van der Waals surface area contributed by atoms with Gasteiger partial charge in [0.05, 0.1) is 22.2 Å². The number of hydrogen-bond donors (Lipinski definition) is 2. The van der Waals surface area contributed by atoms with Crippen LogP contribution < -0.4 is 11.1 Å². The number of halogens is 2.